The maximum atomic E-state index is 12.0. The van der Waals surface area contributed by atoms with Gasteiger partial charge in [0.25, 0.3) is 0 Å². The summed E-state index contributed by atoms with van der Waals surface area (Å²) in [5, 5.41) is 25.6. The number of aromatic amines is 1. The van der Waals surface area contributed by atoms with E-state index in [1.165, 1.54) is 4.90 Å². The highest BCUT2D eigenvalue weighted by Gasteiger charge is 2.32. The summed E-state index contributed by atoms with van der Waals surface area (Å²) >= 11 is 0. The smallest absolute Gasteiger partial charge is 0.227 e. The molecule has 0 aliphatic carbocycles. The molecular formula is C11H17N3O3. The van der Waals surface area contributed by atoms with E-state index in [2.05, 4.69) is 10.2 Å². The Morgan fingerprint density at radius 1 is 1.41 bits per heavy atom. The molecule has 3 N–H and O–H groups in total. The summed E-state index contributed by atoms with van der Waals surface area (Å²) in [4.78, 5) is 13.5. The average molecular weight is 239 g/mol. The second kappa shape index (κ2) is 4.46. The number of β-amino-alcohol motifs (C(OH)–C–C–N with tert-alkyl or cyclic N) is 2. The standard InChI is InChI=1S/C11H17N3O3/c1-6-8(7(2)13-12-6)3-11(17)14-4-9(15)10(16)5-14/h9-10,15-16H,3-5H2,1-2H3,(H,12,13). The summed E-state index contributed by atoms with van der Waals surface area (Å²) in [6.45, 7) is 4.13. The van der Waals surface area contributed by atoms with E-state index in [9.17, 15) is 15.0 Å². The maximum absolute atomic E-state index is 12.0. The number of amides is 1. The van der Waals surface area contributed by atoms with Gasteiger partial charge in [0.05, 0.1) is 24.3 Å². The van der Waals surface area contributed by atoms with Crippen molar-refractivity contribution in [3.8, 4) is 0 Å². The highest BCUT2D eigenvalue weighted by atomic mass is 16.3. The number of aliphatic hydroxyl groups is 2. The summed E-state index contributed by atoms with van der Waals surface area (Å²) in [6.07, 6.45) is -1.40. The predicted octanol–water partition coefficient (Wildman–Crippen LogP) is -0.867. The molecule has 1 amide bonds. The Bertz CT molecular complexity index is 400. The molecule has 0 radical (unpaired) electrons. The quantitative estimate of drug-likeness (QED) is 0.626. The zero-order valence-electron chi connectivity index (χ0n) is 9.97. The largest absolute Gasteiger partial charge is 0.388 e. The van der Waals surface area contributed by atoms with Gasteiger partial charge < -0.3 is 15.1 Å². The summed E-state index contributed by atoms with van der Waals surface area (Å²) in [5.74, 6) is -0.0896. The molecule has 6 heteroatoms. The number of likely N-dealkylation sites (tertiary alicyclic amines) is 1. The molecule has 17 heavy (non-hydrogen) atoms. The van der Waals surface area contributed by atoms with Crippen LogP contribution in [0.1, 0.15) is 17.0 Å². The van der Waals surface area contributed by atoms with Crippen molar-refractivity contribution >= 4 is 5.91 Å². The van der Waals surface area contributed by atoms with Crippen LogP contribution in [-0.2, 0) is 11.2 Å². The number of carbonyl (C=O) groups is 1. The van der Waals surface area contributed by atoms with Crippen molar-refractivity contribution in [2.75, 3.05) is 13.1 Å². The van der Waals surface area contributed by atoms with Crippen LogP contribution in [-0.4, -0.2) is 56.5 Å². The van der Waals surface area contributed by atoms with Crippen molar-refractivity contribution in [2.24, 2.45) is 0 Å². The lowest BCUT2D eigenvalue weighted by atomic mass is 10.1. The van der Waals surface area contributed by atoms with Crippen molar-refractivity contribution in [3.63, 3.8) is 0 Å². The predicted molar refractivity (Wildman–Crippen MR) is 60.4 cm³/mol. The molecule has 6 nitrogen and oxygen atoms in total. The molecule has 2 rings (SSSR count). The number of rotatable bonds is 2. The monoisotopic (exact) mass is 239 g/mol. The van der Waals surface area contributed by atoms with E-state index >= 15 is 0 Å². The second-order valence-corrected chi connectivity index (χ2v) is 4.52. The van der Waals surface area contributed by atoms with E-state index in [1.807, 2.05) is 13.8 Å². The Labute approximate surface area is 99.3 Å². The minimum Gasteiger partial charge on any atom is -0.388 e. The molecule has 1 aliphatic heterocycles. The fraction of sp³-hybridized carbons (Fsp3) is 0.636. The molecule has 1 aromatic heterocycles. The van der Waals surface area contributed by atoms with Crippen molar-refractivity contribution in [1.29, 1.82) is 0 Å². The van der Waals surface area contributed by atoms with E-state index in [0.29, 0.717) is 0 Å². The number of aliphatic hydroxyl groups excluding tert-OH is 2. The highest BCUT2D eigenvalue weighted by Crippen LogP contribution is 2.15. The number of nitrogens with zero attached hydrogens (tertiary/aromatic N) is 2. The SMILES string of the molecule is Cc1n[nH]c(C)c1CC(=O)N1CC(O)C(O)C1. The van der Waals surface area contributed by atoms with Crippen LogP contribution >= 0.6 is 0 Å². The van der Waals surface area contributed by atoms with Gasteiger partial charge in [0.1, 0.15) is 0 Å². The van der Waals surface area contributed by atoms with Gasteiger partial charge in [0, 0.05) is 24.3 Å². The van der Waals surface area contributed by atoms with Gasteiger partial charge in [-0.05, 0) is 13.8 Å². The van der Waals surface area contributed by atoms with Crippen molar-refractivity contribution in [2.45, 2.75) is 32.5 Å². The minimum absolute atomic E-state index is 0.0896. The maximum Gasteiger partial charge on any atom is 0.227 e. The van der Waals surface area contributed by atoms with E-state index in [1.54, 1.807) is 0 Å². The first-order chi connectivity index (χ1) is 7.99. The van der Waals surface area contributed by atoms with Gasteiger partial charge in [-0.3, -0.25) is 9.89 Å². The van der Waals surface area contributed by atoms with E-state index in [4.69, 9.17) is 0 Å². The number of nitrogens with one attached hydrogen (secondary N) is 1. The molecule has 2 heterocycles. The first-order valence-electron chi connectivity index (χ1n) is 5.63. The second-order valence-electron chi connectivity index (χ2n) is 4.52. The first-order valence-corrected chi connectivity index (χ1v) is 5.63. The van der Waals surface area contributed by atoms with Gasteiger partial charge in [-0.2, -0.15) is 5.10 Å². The molecule has 1 aromatic rings. The fourth-order valence-electron chi connectivity index (χ4n) is 2.07. The molecule has 2 unspecified atom stereocenters. The third-order valence-corrected chi connectivity index (χ3v) is 3.22. The number of carbonyl (C=O) groups excluding carboxylic acids is 1. The molecule has 2 atom stereocenters. The third kappa shape index (κ3) is 2.32. The Kier molecular flexibility index (Phi) is 3.17. The fourth-order valence-corrected chi connectivity index (χ4v) is 2.07. The topological polar surface area (TPSA) is 89.5 Å². The molecule has 0 aromatic carbocycles. The van der Waals surface area contributed by atoms with Crippen LogP contribution in [0.3, 0.4) is 0 Å². The average Bonchev–Trinajstić information content (AvgIpc) is 2.76. The Morgan fingerprint density at radius 3 is 2.47 bits per heavy atom. The number of H-pyrrole nitrogens is 1. The summed E-state index contributed by atoms with van der Waals surface area (Å²) in [6, 6.07) is 0. The van der Waals surface area contributed by atoms with Gasteiger partial charge in [-0.15, -0.1) is 0 Å². The molecule has 1 saturated heterocycles. The minimum atomic E-state index is -0.828. The van der Waals surface area contributed by atoms with Crippen LogP contribution in [0, 0.1) is 13.8 Å². The van der Waals surface area contributed by atoms with Crippen molar-refractivity contribution < 1.29 is 15.0 Å². The lowest BCUT2D eigenvalue weighted by molar-refractivity contribution is -0.130. The Morgan fingerprint density at radius 2 is 2.00 bits per heavy atom. The van der Waals surface area contributed by atoms with Gasteiger partial charge in [0.2, 0.25) is 5.91 Å². The lowest BCUT2D eigenvalue weighted by Gasteiger charge is -2.15. The zero-order valence-corrected chi connectivity index (χ0v) is 9.97. The third-order valence-electron chi connectivity index (χ3n) is 3.22. The van der Waals surface area contributed by atoms with Gasteiger partial charge >= 0.3 is 0 Å². The number of hydrogen-bond acceptors (Lipinski definition) is 4. The van der Waals surface area contributed by atoms with E-state index in [0.717, 1.165) is 17.0 Å². The van der Waals surface area contributed by atoms with E-state index < -0.39 is 12.2 Å². The van der Waals surface area contributed by atoms with Crippen LogP contribution in [0.5, 0.6) is 0 Å². The zero-order chi connectivity index (χ0) is 12.6. The molecule has 0 bridgehead atoms. The number of hydrogen-bond donors (Lipinski definition) is 3. The first kappa shape index (κ1) is 12.1. The molecule has 94 valence electrons. The number of aryl methyl sites for hydroxylation is 2. The van der Waals surface area contributed by atoms with Crippen LogP contribution in [0.4, 0.5) is 0 Å². The lowest BCUT2D eigenvalue weighted by Crippen LogP contribution is -2.31. The van der Waals surface area contributed by atoms with Gasteiger partial charge in [-0.25, -0.2) is 0 Å². The molecule has 1 aliphatic rings. The Balaban J connectivity index is 2.03. The van der Waals surface area contributed by atoms with Crippen LogP contribution in [0.25, 0.3) is 0 Å². The van der Waals surface area contributed by atoms with Gasteiger partial charge in [0.15, 0.2) is 0 Å². The van der Waals surface area contributed by atoms with Crippen LogP contribution in [0.15, 0.2) is 0 Å². The van der Waals surface area contributed by atoms with Crippen molar-refractivity contribution in [3.05, 3.63) is 17.0 Å². The highest BCUT2D eigenvalue weighted by molar-refractivity contribution is 5.79. The van der Waals surface area contributed by atoms with E-state index in [-0.39, 0.29) is 25.4 Å². The van der Waals surface area contributed by atoms with Crippen molar-refractivity contribution in [1.82, 2.24) is 15.1 Å². The molecule has 1 fully saturated rings. The number of aromatic nitrogens is 2. The normalized spacial score (nSPS) is 24.4. The Hall–Kier alpha value is -1.40. The van der Waals surface area contributed by atoms with Gasteiger partial charge in [-0.1, -0.05) is 0 Å². The molecular weight excluding hydrogens is 222 g/mol. The summed E-state index contributed by atoms with van der Waals surface area (Å²) in [5.41, 5.74) is 2.60. The summed E-state index contributed by atoms with van der Waals surface area (Å²) < 4.78 is 0. The van der Waals surface area contributed by atoms with Crippen LogP contribution < -0.4 is 0 Å². The van der Waals surface area contributed by atoms with Crippen LogP contribution in [0.2, 0.25) is 0 Å². The molecule has 0 saturated carbocycles. The summed E-state index contributed by atoms with van der Waals surface area (Å²) in [7, 11) is 0. The molecule has 0 spiro atoms.